The van der Waals surface area contributed by atoms with E-state index in [1.807, 2.05) is 0 Å². The van der Waals surface area contributed by atoms with Gasteiger partial charge in [0.25, 0.3) is 5.82 Å². The van der Waals surface area contributed by atoms with Gasteiger partial charge in [0.05, 0.1) is 17.1 Å². The molecular weight excluding hydrogens is 249 g/mol. The van der Waals surface area contributed by atoms with Crippen LogP contribution in [0.2, 0.25) is 0 Å². The number of nitrogens with two attached hydrogens (primary N) is 1. The number of nitrogens with zero attached hydrogens (tertiary/aromatic N) is 5. The fourth-order valence-electron chi connectivity index (χ4n) is 1.28. The highest BCUT2D eigenvalue weighted by atomic mass is 19.4. The van der Waals surface area contributed by atoms with Crippen molar-refractivity contribution in [1.29, 1.82) is 0 Å². The van der Waals surface area contributed by atoms with Crippen LogP contribution in [0.3, 0.4) is 0 Å². The Kier molecular flexibility index (Phi) is 2.89. The van der Waals surface area contributed by atoms with Crippen molar-refractivity contribution in [3.8, 4) is 0 Å². The van der Waals surface area contributed by atoms with Gasteiger partial charge in [-0.25, -0.2) is 0 Å². The molecule has 2 aromatic heterocycles. The zero-order chi connectivity index (χ0) is 13.3. The quantitative estimate of drug-likeness (QED) is 0.869. The van der Waals surface area contributed by atoms with Crippen molar-refractivity contribution in [3.05, 3.63) is 29.3 Å². The second-order valence-electron chi connectivity index (χ2n) is 3.62. The molecule has 0 atom stereocenters. The number of tetrazole rings is 1. The Labute approximate surface area is 99.6 Å². The molecule has 0 bridgehead atoms. The summed E-state index contributed by atoms with van der Waals surface area (Å²) in [7, 11) is 0. The van der Waals surface area contributed by atoms with Crippen molar-refractivity contribution in [2.24, 2.45) is 0 Å². The number of anilines is 1. The molecule has 0 radical (unpaired) electrons. The van der Waals surface area contributed by atoms with E-state index in [1.54, 1.807) is 19.1 Å². The molecule has 2 aromatic rings. The molecule has 6 nitrogen and oxygen atoms in total. The molecule has 0 amide bonds. The van der Waals surface area contributed by atoms with Crippen LogP contribution in [0.15, 0.2) is 12.1 Å². The lowest BCUT2D eigenvalue weighted by atomic mass is 10.3. The van der Waals surface area contributed by atoms with Gasteiger partial charge in [-0.1, -0.05) is 0 Å². The number of nitrogen functional groups attached to an aromatic ring is 1. The number of alkyl halides is 3. The van der Waals surface area contributed by atoms with Gasteiger partial charge in [0, 0.05) is 0 Å². The van der Waals surface area contributed by atoms with Gasteiger partial charge in [-0.15, -0.1) is 10.2 Å². The highest BCUT2D eigenvalue weighted by Gasteiger charge is 2.36. The van der Waals surface area contributed by atoms with Crippen LogP contribution in [-0.2, 0) is 12.7 Å². The van der Waals surface area contributed by atoms with Crippen molar-refractivity contribution in [3.63, 3.8) is 0 Å². The number of aromatic nitrogens is 5. The van der Waals surface area contributed by atoms with Crippen LogP contribution in [0.1, 0.15) is 17.2 Å². The van der Waals surface area contributed by atoms with E-state index < -0.39 is 12.0 Å². The minimum Gasteiger partial charge on any atom is -0.397 e. The SMILES string of the molecule is Cc1nc(Cn2nnc(C(F)(F)F)n2)ccc1N. The highest BCUT2D eigenvalue weighted by Crippen LogP contribution is 2.24. The molecule has 0 aromatic carbocycles. The van der Waals surface area contributed by atoms with Crippen molar-refractivity contribution in [1.82, 2.24) is 25.2 Å². The fraction of sp³-hybridized carbons (Fsp3) is 0.333. The molecule has 96 valence electrons. The van der Waals surface area contributed by atoms with Crippen molar-refractivity contribution in [2.75, 3.05) is 5.73 Å². The lowest BCUT2D eigenvalue weighted by Crippen LogP contribution is -2.10. The van der Waals surface area contributed by atoms with Crippen LogP contribution in [-0.4, -0.2) is 25.2 Å². The molecule has 0 unspecified atom stereocenters. The molecule has 2 rings (SSSR count). The van der Waals surface area contributed by atoms with Gasteiger partial charge in [0.1, 0.15) is 6.54 Å². The summed E-state index contributed by atoms with van der Waals surface area (Å²) in [5, 5.41) is 9.47. The first-order chi connectivity index (χ1) is 8.36. The molecule has 0 saturated heterocycles. The van der Waals surface area contributed by atoms with Crippen LogP contribution >= 0.6 is 0 Å². The van der Waals surface area contributed by atoms with E-state index in [0.29, 0.717) is 17.1 Å². The van der Waals surface area contributed by atoms with E-state index in [-0.39, 0.29) is 6.54 Å². The molecular formula is C9H9F3N6. The zero-order valence-electron chi connectivity index (χ0n) is 9.31. The molecule has 18 heavy (non-hydrogen) atoms. The summed E-state index contributed by atoms with van der Waals surface area (Å²) in [5.74, 6) is -1.27. The second-order valence-corrected chi connectivity index (χ2v) is 3.62. The van der Waals surface area contributed by atoms with Gasteiger partial charge in [-0.05, 0) is 24.3 Å². The van der Waals surface area contributed by atoms with Gasteiger partial charge in [0.2, 0.25) is 0 Å². The summed E-state index contributed by atoms with van der Waals surface area (Å²) in [6.45, 7) is 1.71. The average molecular weight is 258 g/mol. The molecule has 0 aliphatic rings. The maximum absolute atomic E-state index is 12.2. The Morgan fingerprint density at radius 3 is 2.61 bits per heavy atom. The van der Waals surface area contributed by atoms with Crippen LogP contribution in [0.5, 0.6) is 0 Å². The third-order valence-corrected chi connectivity index (χ3v) is 2.19. The van der Waals surface area contributed by atoms with Crippen LogP contribution < -0.4 is 5.73 Å². The first-order valence-corrected chi connectivity index (χ1v) is 4.93. The Morgan fingerprint density at radius 1 is 1.33 bits per heavy atom. The van der Waals surface area contributed by atoms with E-state index >= 15 is 0 Å². The summed E-state index contributed by atoms with van der Waals surface area (Å²) in [4.78, 5) is 4.94. The number of halogens is 3. The zero-order valence-corrected chi connectivity index (χ0v) is 9.31. The summed E-state index contributed by atoms with van der Waals surface area (Å²) in [5.41, 5.74) is 7.20. The van der Waals surface area contributed by atoms with Crippen molar-refractivity contribution in [2.45, 2.75) is 19.6 Å². The summed E-state index contributed by atoms with van der Waals surface area (Å²) in [6, 6.07) is 3.22. The van der Waals surface area contributed by atoms with Gasteiger partial charge in [-0.3, -0.25) is 4.98 Å². The largest absolute Gasteiger partial charge is 0.455 e. The second kappa shape index (κ2) is 4.24. The smallest absolute Gasteiger partial charge is 0.397 e. The van der Waals surface area contributed by atoms with Crippen molar-refractivity contribution >= 4 is 5.69 Å². The number of hydrogen-bond donors (Lipinski definition) is 1. The lowest BCUT2D eigenvalue weighted by molar-refractivity contribution is -0.145. The third-order valence-electron chi connectivity index (χ3n) is 2.19. The predicted octanol–water partition coefficient (Wildman–Crippen LogP) is 1.03. The molecule has 9 heteroatoms. The minimum absolute atomic E-state index is 0.00417. The van der Waals surface area contributed by atoms with E-state index in [4.69, 9.17) is 5.73 Å². The summed E-state index contributed by atoms with van der Waals surface area (Å²) >= 11 is 0. The third kappa shape index (κ3) is 2.55. The first kappa shape index (κ1) is 12.3. The molecule has 2 N–H and O–H groups in total. The van der Waals surface area contributed by atoms with E-state index in [1.165, 1.54) is 0 Å². The molecule has 0 spiro atoms. The molecule has 0 aliphatic carbocycles. The van der Waals surface area contributed by atoms with Crippen LogP contribution in [0.4, 0.5) is 18.9 Å². The maximum atomic E-state index is 12.2. The number of pyridine rings is 1. The van der Waals surface area contributed by atoms with E-state index in [2.05, 4.69) is 20.4 Å². The predicted molar refractivity (Wildman–Crippen MR) is 55.3 cm³/mol. The summed E-state index contributed by atoms with van der Waals surface area (Å²) in [6.07, 6.45) is -4.59. The highest BCUT2D eigenvalue weighted by molar-refractivity contribution is 5.42. The molecule has 0 aliphatic heterocycles. The lowest BCUT2D eigenvalue weighted by Gasteiger charge is -2.03. The number of hydrogen-bond acceptors (Lipinski definition) is 5. The Morgan fingerprint density at radius 2 is 2.06 bits per heavy atom. The van der Waals surface area contributed by atoms with E-state index in [9.17, 15) is 13.2 Å². The number of rotatable bonds is 2. The Bertz CT molecular complexity index is 562. The van der Waals surface area contributed by atoms with Gasteiger partial charge < -0.3 is 5.73 Å². The topological polar surface area (TPSA) is 82.5 Å². The van der Waals surface area contributed by atoms with Gasteiger partial charge in [-0.2, -0.15) is 18.0 Å². The minimum atomic E-state index is -4.59. The van der Waals surface area contributed by atoms with E-state index in [0.717, 1.165) is 4.80 Å². The van der Waals surface area contributed by atoms with Gasteiger partial charge in [0.15, 0.2) is 0 Å². The molecule has 0 fully saturated rings. The average Bonchev–Trinajstić information content (AvgIpc) is 2.72. The number of aryl methyl sites for hydroxylation is 1. The maximum Gasteiger partial charge on any atom is 0.455 e. The summed E-state index contributed by atoms with van der Waals surface area (Å²) < 4.78 is 36.7. The fourth-order valence-corrected chi connectivity index (χ4v) is 1.28. The van der Waals surface area contributed by atoms with Crippen LogP contribution in [0.25, 0.3) is 0 Å². The Balaban J connectivity index is 2.19. The molecule has 0 saturated carbocycles. The monoisotopic (exact) mass is 258 g/mol. The molecule has 2 heterocycles. The normalized spacial score (nSPS) is 11.8. The standard InChI is InChI=1S/C9H9F3N6/c1-5-7(13)3-2-6(14-5)4-18-16-8(15-17-18)9(10,11)12/h2-3H,4,13H2,1H3. The van der Waals surface area contributed by atoms with Crippen molar-refractivity contribution < 1.29 is 13.2 Å². The first-order valence-electron chi connectivity index (χ1n) is 4.93. The Hall–Kier alpha value is -2.19. The van der Waals surface area contributed by atoms with Crippen LogP contribution in [0, 0.1) is 6.92 Å². The van der Waals surface area contributed by atoms with Gasteiger partial charge >= 0.3 is 6.18 Å².